The van der Waals surface area contributed by atoms with Crippen molar-refractivity contribution in [3.63, 3.8) is 0 Å². The lowest BCUT2D eigenvalue weighted by atomic mass is 10.0. The second-order valence-corrected chi connectivity index (χ2v) is 12.0. The number of ether oxygens (including phenoxy) is 6. The zero-order valence-electron chi connectivity index (χ0n) is 30.1. The predicted molar refractivity (Wildman–Crippen MR) is 196 cm³/mol. The normalized spacial score (nSPS) is 11.7. The number of carboxylic acids is 1. The van der Waals surface area contributed by atoms with Gasteiger partial charge in [-0.3, -0.25) is 9.99 Å². The van der Waals surface area contributed by atoms with Crippen molar-refractivity contribution in [2.75, 3.05) is 40.1 Å². The van der Waals surface area contributed by atoms with Gasteiger partial charge >= 0.3 is 5.97 Å². The number of hydrogen-bond donors (Lipinski definition) is 1. The van der Waals surface area contributed by atoms with Crippen molar-refractivity contribution in [2.45, 2.75) is 46.0 Å². The summed E-state index contributed by atoms with van der Waals surface area (Å²) in [4.78, 5) is 18.0. The van der Waals surface area contributed by atoms with Crippen LogP contribution in [0.15, 0.2) is 91.3 Å². The van der Waals surface area contributed by atoms with Crippen LogP contribution >= 0.6 is 0 Å². The second-order valence-electron chi connectivity index (χ2n) is 12.0. The van der Waals surface area contributed by atoms with Crippen molar-refractivity contribution in [1.29, 1.82) is 0 Å². The van der Waals surface area contributed by atoms with Gasteiger partial charge in [0.1, 0.15) is 23.0 Å². The first-order chi connectivity index (χ1) is 24.7. The molecular formula is C40H45N3O8. The molecule has 1 atom stereocenters. The molecule has 0 spiro atoms. The minimum absolute atomic E-state index is 0.108. The lowest BCUT2D eigenvalue weighted by Gasteiger charge is -2.41. The maximum Gasteiger partial charge on any atom is 0.332 e. The summed E-state index contributed by atoms with van der Waals surface area (Å²) in [5.41, 5.74) is 2.74. The molecule has 0 saturated carbocycles. The first-order valence-electron chi connectivity index (χ1n) is 16.6. The van der Waals surface area contributed by atoms with Crippen LogP contribution in [0.25, 0.3) is 10.8 Å². The number of aromatic nitrogens is 1. The van der Waals surface area contributed by atoms with E-state index in [0.717, 1.165) is 21.9 Å². The number of methoxy groups -OCH3 is 4. The van der Waals surface area contributed by atoms with Crippen molar-refractivity contribution in [3.05, 3.63) is 108 Å². The van der Waals surface area contributed by atoms with Gasteiger partial charge in [0, 0.05) is 54.1 Å². The minimum Gasteiger partial charge on any atom is -0.497 e. The number of carboxylic acid groups (broad SMARTS) is 1. The first kappa shape index (κ1) is 36.6. The summed E-state index contributed by atoms with van der Waals surface area (Å²) >= 11 is 0. The molecule has 11 heteroatoms. The number of benzene rings is 4. The van der Waals surface area contributed by atoms with Crippen LogP contribution in [-0.4, -0.2) is 62.2 Å². The van der Waals surface area contributed by atoms with Crippen LogP contribution < -0.4 is 33.4 Å². The Morgan fingerprint density at radius 3 is 1.92 bits per heavy atom. The Bertz CT molecular complexity index is 1890. The molecule has 0 amide bonds. The van der Waals surface area contributed by atoms with E-state index in [2.05, 4.69) is 4.98 Å². The van der Waals surface area contributed by atoms with Crippen molar-refractivity contribution >= 4 is 22.4 Å². The highest BCUT2D eigenvalue weighted by atomic mass is 16.5. The van der Waals surface area contributed by atoms with Crippen LogP contribution in [0.1, 0.15) is 43.5 Å². The molecular weight excluding hydrogens is 650 g/mol. The van der Waals surface area contributed by atoms with E-state index in [1.54, 1.807) is 59.0 Å². The first-order valence-corrected chi connectivity index (χ1v) is 16.6. The molecule has 11 nitrogen and oxygen atoms in total. The highest BCUT2D eigenvalue weighted by Gasteiger charge is 2.34. The number of nitrogens with zero attached hydrogens (tertiary/aromatic N) is 3. The Kier molecular flexibility index (Phi) is 12.1. The largest absolute Gasteiger partial charge is 0.497 e. The van der Waals surface area contributed by atoms with E-state index in [-0.39, 0.29) is 19.2 Å². The third-order valence-corrected chi connectivity index (χ3v) is 8.31. The highest BCUT2D eigenvalue weighted by molar-refractivity contribution is 5.87. The molecule has 5 aromatic rings. The van der Waals surface area contributed by atoms with Gasteiger partial charge in [-0.1, -0.05) is 24.3 Å². The van der Waals surface area contributed by atoms with Crippen LogP contribution in [0.4, 0.5) is 5.69 Å². The van der Waals surface area contributed by atoms with E-state index in [9.17, 15) is 9.90 Å². The number of hydrazine groups is 1. The molecule has 0 aliphatic carbocycles. The number of carbonyl (C=O) groups is 1. The van der Waals surface area contributed by atoms with E-state index in [4.69, 9.17) is 28.4 Å². The standard InChI is InChI=1S/C40H45N3O8/c1-8-50-38-20-28(12-16-35(38)51-26(2)3)39(40(44)45)43(32-13-9-29-23-41-18-17-27(29)19-32)42(24-30-10-14-33(46-4)21-36(30)48-6)25-31-11-15-34(47-5)22-37(31)49-7/h9-23,26,39H,8,24-25H2,1-7H3,(H,44,45). The molecule has 1 N–H and O–H groups in total. The van der Waals surface area contributed by atoms with Gasteiger partial charge in [-0.05, 0) is 74.2 Å². The van der Waals surface area contributed by atoms with Gasteiger partial charge in [-0.25, -0.2) is 9.80 Å². The molecule has 1 heterocycles. The van der Waals surface area contributed by atoms with Crippen molar-refractivity contribution in [2.24, 2.45) is 0 Å². The van der Waals surface area contributed by atoms with Crippen LogP contribution in [0.3, 0.4) is 0 Å². The molecule has 1 aromatic heterocycles. The molecule has 4 aromatic carbocycles. The Labute approximate surface area is 298 Å². The maximum absolute atomic E-state index is 13.7. The van der Waals surface area contributed by atoms with Crippen molar-refractivity contribution < 1.29 is 38.3 Å². The molecule has 0 aliphatic heterocycles. The smallest absolute Gasteiger partial charge is 0.332 e. The quantitative estimate of drug-likeness (QED) is 0.0966. The van der Waals surface area contributed by atoms with E-state index < -0.39 is 12.0 Å². The Morgan fingerprint density at radius 1 is 0.725 bits per heavy atom. The SMILES string of the molecule is CCOc1cc(C(C(=O)O)N(c2ccc3cnccc3c2)N(Cc2ccc(OC)cc2OC)Cc2ccc(OC)cc2OC)ccc1OC(C)C. The Hall–Kier alpha value is -5.68. The predicted octanol–water partition coefficient (Wildman–Crippen LogP) is 7.70. The van der Waals surface area contributed by atoms with E-state index >= 15 is 0 Å². The molecule has 268 valence electrons. The van der Waals surface area contributed by atoms with E-state index in [1.165, 1.54) is 0 Å². The number of aliphatic carboxylic acids is 1. The Balaban J connectivity index is 1.76. The third-order valence-electron chi connectivity index (χ3n) is 8.31. The zero-order chi connectivity index (χ0) is 36.5. The van der Waals surface area contributed by atoms with E-state index in [0.29, 0.717) is 52.4 Å². The molecule has 0 aliphatic rings. The fraction of sp³-hybridized carbons (Fsp3) is 0.300. The lowest BCUT2D eigenvalue weighted by Crippen LogP contribution is -2.47. The van der Waals surface area contributed by atoms with Crippen LogP contribution in [0, 0.1) is 0 Å². The number of fused-ring (bicyclic) bond motifs is 1. The van der Waals surface area contributed by atoms with Crippen molar-refractivity contribution in [3.8, 4) is 34.5 Å². The number of hydrogen-bond acceptors (Lipinski definition) is 10. The monoisotopic (exact) mass is 695 g/mol. The molecule has 1 unspecified atom stereocenters. The second kappa shape index (κ2) is 16.8. The number of anilines is 1. The van der Waals surface area contributed by atoms with Gasteiger partial charge in [0.25, 0.3) is 0 Å². The van der Waals surface area contributed by atoms with Crippen LogP contribution in [0.5, 0.6) is 34.5 Å². The van der Waals surface area contributed by atoms with Gasteiger partial charge in [0.05, 0.1) is 46.8 Å². The molecule has 0 bridgehead atoms. The topological polar surface area (TPSA) is 112 Å². The molecule has 0 radical (unpaired) electrons. The zero-order valence-corrected chi connectivity index (χ0v) is 30.1. The average molecular weight is 696 g/mol. The van der Waals surface area contributed by atoms with Crippen molar-refractivity contribution in [1.82, 2.24) is 9.99 Å². The summed E-state index contributed by atoms with van der Waals surface area (Å²) in [5, 5.41) is 16.8. The van der Waals surface area contributed by atoms with Crippen LogP contribution in [0.2, 0.25) is 0 Å². The number of rotatable bonds is 17. The highest BCUT2D eigenvalue weighted by Crippen LogP contribution is 2.39. The molecule has 5 rings (SSSR count). The number of pyridine rings is 1. The van der Waals surface area contributed by atoms with Gasteiger partial charge in [-0.2, -0.15) is 0 Å². The summed E-state index contributed by atoms with van der Waals surface area (Å²) in [6.07, 6.45) is 3.39. The fourth-order valence-corrected chi connectivity index (χ4v) is 5.96. The third kappa shape index (κ3) is 8.56. The average Bonchev–Trinajstić information content (AvgIpc) is 3.14. The Morgan fingerprint density at radius 2 is 1.37 bits per heavy atom. The summed E-state index contributed by atoms with van der Waals surface area (Å²) in [5.74, 6) is 2.37. The van der Waals surface area contributed by atoms with E-state index in [1.807, 2.05) is 91.5 Å². The lowest BCUT2D eigenvalue weighted by molar-refractivity contribution is -0.139. The molecule has 51 heavy (non-hydrogen) atoms. The summed E-state index contributed by atoms with van der Waals surface area (Å²) in [6.45, 7) is 6.60. The van der Waals surface area contributed by atoms with Gasteiger partial charge in [0.2, 0.25) is 0 Å². The maximum atomic E-state index is 13.7. The molecule has 0 fully saturated rings. The fourth-order valence-electron chi connectivity index (χ4n) is 5.96. The van der Waals surface area contributed by atoms with Gasteiger partial charge in [-0.15, -0.1) is 0 Å². The van der Waals surface area contributed by atoms with Gasteiger partial charge < -0.3 is 33.5 Å². The summed E-state index contributed by atoms with van der Waals surface area (Å²) in [7, 11) is 6.39. The van der Waals surface area contributed by atoms with Gasteiger partial charge in [0.15, 0.2) is 17.5 Å². The summed E-state index contributed by atoms with van der Waals surface area (Å²) < 4.78 is 34.6. The summed E-state index contributed by atoms with van der Waals surface area (Å²) in [6, 6.07) is 23.0. The van der Waals surface area contributed by atoms with Crippen LogP contribution in [-0.2, 0) is 17.9 Å². The molecule has 0 saturated heterocycles. The minimum atomic E-state index is -1.22.